The van der Waals surface area contributed by atoms with Gasteiger partial charge in [0.05, 0.1) is 12.0 Å². The van der Waals surface area contributed by atoms with Gasteiger partial charge >= 0.3 is 0 Å². The highest BCUT2D eigenvalue weighted by molar-refractivity contribution is 5.85. The van der Waals surface area contributed by atoms with Crippen molar-refractivity contribution in [1.29, 1.82) is 0 Å². The standard InChI is InChI=1S/C26H30N8O4/c1-14(2)31-17-9-16(11-28-12-17)22-32-23(29-10-15-7-5-4-6-8-15)18-24(33-22)34(13-30-18)26-20(36)19(35)21(38-26)25(37)27-3/h4-9,11-14,19-21,26,31,35-36H,10H2,1-3H3,(H,27,37)(H,29,32,33)/t19-,20+,21-,26+/m0/s1. The number of pyridine rings is 1. The van der Waals surface area contributed by atoms with E-state index in [1.54, 1.807) is 12.4 Å². The molecule has 1 fully saturated rings. The predicted octanol–water partition coefficient (Wildman–Crippen LogP) is 1.69. The topological polar surface area (TPSA) is 159 Å². The lowest BCUT2D eigenvalue weighted by atomic mass is 10.1. The van der Waals surface area contributed by atoms with E-state index >= 15 is 0 Å². The lowest BCUT2D eigenvalue weighted by Crippen LogP contribution is -2.41. The zero-order chi connectivity index (χ0) is 26.8. The Morgan fingerprint density at radius 2 is 1.92 bits per heavy atom. The molecule has 4 heterocycles. The van der Waals surface area contributed by atoms with E-state index in [2.05, 4.69) is 25.9 Å². The summed E-state index contributed by atoms with van der Waals surface area (Å²) < 4.78 is 7.29. The third kappa shape index (κ3) is 5.01. The van der Waals surface area contributed by atoms with Crippen LogP contribution < -0.4 is 16.0 Å². The van der Waals surface area contributed by atoms with Crippen LogP contribution in [0.4, 0.5) is 11.5 Å². The molecule has 0 saturated carbocycles. The average Bonchev–Trinajstić information content (AvgIpc) is 3.47. The van der Waals surface area contributed by atoms with E-state index in [4.69, 9.17) is 14.7 Å². The molecule has 38 heavy (non-hydrogen) atoms. The van der Waals surface area contributed by atoms with Crippen molar-refractivity contribution in [2.45, 2.75) is 51.0 Å². The number of fused-ring (bicyclic) bond motifs is 1. The quantitative estimate of drug-likeness (QED) is 0.232. The second kappa shape index (κ2) is 10.7. The number of hydrogen-bond donors (Lipinski definition) is 5. The van der Waals surface area contributed by atoms with E-state index in [0.29, 0.717) is 34.9 Å². The van der Waals surface area contributed by atoms with Crippen molar-refractivity contribution in [1.82, 2.24) is 29.8 Å². The molecule has 0 radical (unpaired) electrons. The summed E-state index contributed by atoms with van der Waals surface area (Å²) in [7, 11) is 1.44. The molecule has 1 aliphatic rings. The molecule has 12 heteroatoms. The van der Waals surface area contributed by atoms with E-state index in [9.17, 15) is 15.0 Å². The van der Waals surface area contributed by atoms with E-state index in [-0.39, 0.29) is 6.04 Å². The minimum absolute atomic E-state index is 0.209. The molecule has 4 aromatic rings. The summed E-state index contributed by atoms with van der Waals surface area (Å²) in [4.78, 5) is 30.5. The molecule has 1 aliphatic heterocycles. The Labute approximate surface area is 219 Å². The number of nitrogens with zero attached hydrogens (tertiary/aromatic N) is 5. The van der Waals surface area contributed by atoms with Gasteiger partial charge in [0.15, 0.2) is 35.1 Å². The van der Waals surface area contributed by atoms with Crippen LogP contribution in [0.2, 0.25) is 0 Å². The van der Waals surface area contributed by atoms with Gasteiger partial charge in [-0.2, -0.15) is 0 Å². The fourth-order valence-electron chi connectivity index (χ4n) is 4.36. The van der Waals surface area contributed by atoms with Gasteiger partial charge in [-0.1, -0.05) is 30.3 Å². The number of likely N-dealkylation sites (N-methyl/N-ethyl adjacent to an activating group) is 1. The van der Waals surface area contributed by atoms with Crippen molar-refractivity contribution in [3.8, 4) is 11.4 Å². The Bertz CT molecular complexity index is 1430. The molecule has 0 bridgehead atoms. The molecule has 0 aliphatic carbocycles. The van der Waals surface area contributed by atoms with Gasteiger partial charge in [0, 0.05) is 37.6 Å². The van der Waals surface area contributed by atoms with Crippen molar-refractivity contribution in [3.05, 3.63) is 60.7 Å². The zero-order valence-electron chi connectivity index (χ0n) is 21.2. The normalized spacial score (nSPS) is 21.1. The number of aromatic nitrogens is 5. The molecule has 5 N–H and O–H groups in total. The predicted molar refractivity (Wildman–Crippen MR) is 141 cm³/mol. The minimum Gasteiger partial charge on any atom is -0.387 e. The zero-order valence-corrected chi connectivity index (χ0v) is 21.2. The number of ether oxygens (including phenoxy) is 1. The number of rotatable bonds is 8. The summed E-state index contributed by atoms with van der Waals surface area (Å²) >= 11 is 0. The molecule has 4 atom stereocenters. The lowest BCUT2D eigenvalue weighted by molar-refractivity contribution is -0.137. The van der Waals surface area contributed by atoms with Gasteiger partial charge in [0.2, 0.25) is 0 Å². The second-order valence-electron chi connectivity index (χ2n) is 9.36. The summed E-state index contributed by atoms with van der Waals surface area (Å²) in [5.41, 5.74) is 3.35. The van der Waals surface area contributed by atoms with E-state index in [1.807, 2.05) is 50.2 Å². The Morgan fingerprint density at radius 1 is 1.13 bits per heavy atom. The average molecular weight is 519 g/mol. The minimum atomic E-state index is -1.42. The smallest absolute Gasteiger partial charge is 0.251 e. The fraction of sp³-hybridized carbons (Fsp3) is 0.346. The van der Waals surface area contributed by atoms with Crippen molar-refractivity contribution in [3.63, 3.8) is 0 Å². The highest BCUT2D eigenvalue weighted by Crippen LogP contribution is 2.34. The molecule has 0 spiro atoms. The Balaban J connectivity index is 1.58. The third-order valence-corrected chi connectivity index (χ3v) is 6.19. The summed E-state index contributed by atoms with van der Waals surface area (Å²) in [5, 5.41) is 30.3. The van der Waals surface area contributed by atoms with Gasteiger partial charge in [-0.25, -0.2) is 15.0 Å². The molecule has 1 saturated heterocycles. The molecule has 1 aromatic carbocycles. The van der Waals surface area contributed by atoms with Crippen LogP contribution in [0.1, 0.15) is 25.6 Å². The maximum atomic E-state index is 12.2. The summed E-state index contributed by atoms with van der Waals surface area (Å²) in [6.45, 7) is 4.56. The molecular formula is C26H30N8O4. The molecule has 12 nitrogen and oxygen atoms in total. The van der Waals surface area contributed by atoms with Gasteiger partial charge in [-0.15, -0.1) is 0 Å². The number of carbonyl (C=O) groups is 1. The van der Waals surface area contributed by atoms with Crippen LogP contribution in [-0.2, 0) is 16.1 Å². The maximum absolute atomic E-state index is 12.2. The van der Waals surface area contributed by atoms with Gasteiger partial charge in [-0.3, -0.25) is 14.3 Å². The van der Waals surface area contributed by atoms with Gasteiger partial charge in [0.1, 0.15) is 12.2 Å². The van der Waals surface area contributed by atoms with Crippen molar-refractivity contribution in [2.24, 2.45) is 0 Å². The summed E-state index contributed by atoms with van der Waals surface area (Å²) in [5.74, 6) is 0.320. The first-order valence-corrected chi connectivity index (χ1v) is 12.3. The van der Waals surface area contributed by atoms with Crippen LogP contribution in [0.5, 0.6) is 0 Å². The largest absolute Gasteiger partial charge is 0.387 e. The monoisotopic (exact) mass is 518 g/mol. The van der Waals surface area contributed by atoms with Crippen LogP contribution in [-0.4, -0.2) is 72.0 Å². The van der Waals surface area contributed by atoms with E-state index in [1.165, 1.54) is 17.9 Å². The number of amides is 1. The molecule has 5 rings (SSSR count). The SMILES string of the molecule is CNC(=O)[C@H]1O[C@@H](n2cnc3c(NCc4ccccc4)nc(-c4cncc(NC(C)C)c4)nc32)[C@H](O)[C@@H]1O. The van der Waals surface area contributed by atoms with Crippen LogP contribution in [0, 0.1) is 0 Å². The number of benzene rings is 1. The van der Waals surface area contributed by atoms with Crippen LogP contribution >= 0.6 is 0 Å². The van der Waals surface area contributed by atoms with Crippen molar-refractivity contribution < 1.29 is 19.7 Å². The number of imidazole rings is 1. The number of nitrogens with one attached hydrogen (secondary N) is 3. The molecule has 3 aromatic heterocycles. The number of hydrogen-bond acceptors (Lipinski definition) is 10. The van der Waals surface area contributed by atoms with Crippen molar-refractivity contribution in [2.75, 3.05) is 17.7 Å². The van der Waals surface area contributed by atoms with Gasteiger partial charge < -0.3 is 30.9 Å². The fourth-order valence-corrected chi connectivity index (χ4v) is 4.36. The van der Waals surface area contributed by atoms with Gasteiger partial charge in [0.25, 0.3) is 5.91 Å². The first kappa shape index (κ1) is 25.5. The number of aliphatic hydroxyl groups excluding tert-OH is 2. The Morgan fingerprint density at radius 3 is 2.66 bits per heavy atom. The first-order chi connectivity index (χ1) is 18.4. The summed E-state index contributed by atoms with van der Waals surface area (Å²) in [6, 6.07) is 12.0. The highest BCUT2D eigenvalue weighted by Gasteiger charge is 2.47. The molecule has 1 amide bonds. The Kier molecular flexibility index (Phi) is 7.18. The maximum Gasteiger partial charge on any atom is 0.251 e. The number of anilines is 2. The van der Waals surface area contributed by atoms with Crippen LogP contribution in [0.15, 0.2) is 55.1 Å². The summed E-state index contributed by atoms with van der Waals surface area (Å²) in [6.07, 6.45) is -0.277. The number of carbonyl (C=O) groups excluding carboxylic acids is 1. The third-order valence-electron chi connectivity index (χ3n) is 6.19. The molecular weight excluding hydrogens is 488 g/mol. The first-order valence-electron chi connectivity index (χ1n) is 12.3. The van der Waals surface area contributed by atoms with Crippen LogP contribution in [0.25, 0.3) is 22.6 Å². The van der Waals surface area contributed by atoms with Crippen molar-refractivity contribution >= 4 is 28.6 Å². The second-order valence-corrected chi connectivity index (χ2v) is 9.36. The van der Waals surface area contributed by atoms with Gasteiger partial charge in [-0.05, 0) is 25.5 Å². The highest BCUT2D eigenvalue weighted by atomic mass is 16.6. The Hall–Kier alpha value is -4.13. The molecule has 198 valence electrons. The molecule has 0 unspecified atom stereocenters. The van der Waals surface area contributed by atoms with E-state index in [0.717, 1.165) is 11.3 Å². The lowest BCUT2D eigenvalue weighted by Gasteiger charge is -2.17. The van der Waals surface area contributed by atoms with E-state index < -0.39 is 30.4 Å². The van der Waals surface area contributed by atoms with Crippen LogP contribution in [0.3, 0.4) is 0 Å². The number of aliphatic hydroxyl groups is 2.